The zero-order chi connectivity index (χ0) is 20.4. The smallest absolute Gasteiger partial charge is 0.243 e. The summed E-state index contributed by atoms with van der Waals surface area (Å²) < 4.78 is 45.8. The Labute approximate surface area is 169 Å². The number of benzene rings is 2. The zero-order valence-electron chi connectivity index (χ0n) is 15.9. The first-order valence-corrected chi connectivity index (χ1v) is 11.2. The van der Waals surface area contributed by atoms with Crippen molar-refractivity contribution in [3.63, 3.8) is 0 Å². The molecule has 2 fully saturated rings. The summed E-state index contributed by atoms with van der Waals surface area (Å²) in [5, 5.41) is 2.76. The first-order valence-electron chi connectivity index (χ1n) is 9.75. The summed E-state index contributed by atoms with van der Waals surface area (Å²) in [6, 6.07) is 12.1. The minimum Gasteiger partial charge on any atom is -0.490 e. The zero-order valence-corrected chi connectivity index (χ0v) is 16.7. The van der Waals surface area contributed by atoms with Crippen LogP contribution in [-0.4, -0.2) is 37.8 Å². The van der Waals surface area contributed by atoms with Crippen LogP contribution in [0.2, 0.25) is 0 Å². The van der Waals surface area contributed by atoms with E-state index in [4.69, 9.17) is 4.74 Å². The van der Waals surface area contributed by atoms with Gasteiger partial charge in [-0.2, -0.15) is 4.31 Å². The van der Waals surface area contributed by atoms with Crippen LogP contribution in [0, 0.1) is 11.7 Å². The molecule has 1 amide bonds. The van der Waals surface area contributed by atoms with Crippen LogP contribution in [0.5, 0.6) is 5.75 Å². The van der Waals surface area contributed by atoms with Crippen LogP contribution in [-0.2, 0) is 14.8 Å². The molecule has 4 rings (SSSR count). The van der Waals surface area contributed by atoms with Gasteiger partial charge in [-0.3, -0.25) is 4.79 Å². The number of sulfonamides is 1. The molecule has 0 radical (unpaired) electrons. The number of amides is 1. The van der Waals surface area contributed by atoms with Gasteiger partial charge >= 0.3 is 0 Å². The first kappa shape index (κ1) is 19.8. The Hall–Kier alpha value is -2.45. The van der Waals surface area contributed by atoms with Gasteiger partial charge in [0.05, 0.1) is 11.0 Å². The van der Waals surface area contributed by atoms with Crippen molar-refractivity contribution in [2.24, 2.45) is 5.92 Å². The summed E-state index contributed by atoms with van der Waals surface area (Å²) in [6.07, 6.45) is 3.23. The summed E-state index contributed by atoms with van der Waals surface area (Å²) >= 11 is 0. The van der Waals surface area contributed by atoms with Gasteiger partial charge < -0.3 is 10.1 Å². The maximum atomic E-state index is 13.0. The van der Waals surface area contributed by atoms with Crippen LogP contribution >= 0.6 is 0 Å². The highest BCUT2D eigenvalue weighted by atomic mass is 32.2. The number of anilines is 1. The van der Waals surface area contributed by atoms with Gasteiger partial charge in [-0.05, 0) is 74.2 Å². The molecule has 1 saturated heterocycles. The molecule has 6 nitrogen and oxygen atoms in total. The molecule has 1 aliphatic heterocycles. The van der Waals surface area contributed by atoms with E-state index in [9.17, 15) is 17.6 Å². The van der Waals surface area contributed by atoms with E-state index in [1.807, 2.05) is 0 Å². The lowest BCUT2D eigenvalue weighted by Crippen LogP contribution is -2.41. The SMILES string of the molecule is O=C(Nc1ccc(F)cc1)C1CCN(S(=O)(=O)c2ccc(OC3CC3)cc2)CC1. The molecule has 0 unspecified atom stereocenters. The molecule has 1 N–H and O–H groups in total. The highest BCUT2D eigenvalue weighted by Crippen LogP contribution is 2.29. The number of nitrogens with zero attached hydrogens (tertiary/aromatic N) is 1. The van der Waals surface area contributed by atoms with Crippen molar-refractivity contribution in [1.82, 2.24) is 4.31 Å². The largest absolute Gasteiger partial charge is 0.490 e. The van der Waals surface area contributed by atoms with Crippen LogP contribution in [0.25, 0.3) is 0 Å². The van der Waals surface area contributed by atoms with Crippen molar-refractivity contribution < 1.29 is 22.3 Å². The van der Waals surface area contributed by atoms with E-state index in [1.165, 1.54) is 28.6 Å². The average molecular weight is 418 g/mol. The van der Waals surface area contributed by atoms with Crippen LogP contribution in [0.15, 0.2) is 53.4 Å². The lowest BCUT2D eigenvalue weighted by molar-refractivity contribution is -0.120. The Morgan fingerprint density at radius 2 is 1.59 bits per heavy atom. The molecule has 29 heavy (non-hydrogen) atoms. The van der Waals surface area contributed by atoms with Crippen molar-refractivity contribution in [3.05, 3.63) is 54.3 Å². The van der Waals surface area contributed by atoms with Crippen molar-refractivity contribution in [1.29, 1.82) is 0 Å². The number of carbonyl (C=O) groups excluding carboxylic acids is 1. The molecule has 1 aliphatic carbocycles. The normalized spacial score (nSPS) is 18.4. The minimum absolute atomic E-state index is 0.171. The Morgan fingerprint density at radius 1 is 0.966 bits per heavy atom. The summed E-state index contributed by atoms with van der Waals surface area (Å²) in [7, 11) is -3.60. The summed E-state index contributed by atoms with van der Waals surface area (Å²) in [5.74, 6) is -0.132. The molecule has 0 atom stereocenters. The molecule has 0 bridgehead atoms. The topological polar surface area (TPSA) is 75.7 Å². The maximum Gasteiger partial charge on any atom is 0.243 e. The minimum atomic E-state index is -3.60. The second-order valence-electron chi connectivity index (χ2n) is 7.46. The van der Waals surface area contributed by atoms with Crippen molar-refractivity contribution in [3.8, 4) is 5.75 Å². The molecule has 2 aromatic carbocycles. The van der Waals surface area contributed by atoms with E-state index in [2.05, 4.69) is 5.32 Å². The lowest BCUT2D eigenvalue weighted by Gasteiger charge is -2.30. The van der Waals surface area contributed by atoms with Crippen molar-refractivity contribution in [2.45, 2.75) is 36.7 Å². The van der Waals surface area contributed by atoms with E-state index in [-0.39, 0.29) is 41.7 Å². The molecule has 8 heteroatoms. The number of halogens is 1. The molecule has 0 aromatic heterocycles. The van der Waals surface area contributed by atoms with Gasteiger partial charge in [0.2, 0.25) is 15.9 Å². The molecule has 2 aliphatic rings. The van der Waals surface area contributed by atoms with Gasteiger partial charge in [-0.1, -0.05) is 0 Å². The first-order chi connectivity index (χ1) is 13.9. The summed E-state index contributed by atoms with van der Waals surface area (Å²) in [4.78, 5) is 12.7. The fourth-order valence-electron chi connectivity index (χ4n) is 3.35. The van der Waals surface area contributed by atoms with E-state index in [0.29, 0.717) is 24.3 Å². The molecule has 2 aromatic rings. The summed E-state index contributed by atoms with van der Waals surface area (Å²) in [6.45, 7) is 0.564. The van der Waals surface area contributed by atoms with E-state index >= 15 is 0 Å². The Bertz CT molecular complexity index is 965. The Balaban J connectivity index is 1.34. The standard InChI is InChI=1S/C21H23FN2O4S/c22-16-1-3-17(4-2-16)23-21(25)15-11-13-24(14-12-15)29(26,27)20-9-7-19(8-10-20)28-18-5-6-18/h1-4,7-10,15,18H,5-6,11-14H2,(H,23,25). The number of ether oxygens (including phenoxy) is 1. The van der Waals surface area contributed by atoms with E-state index in [1.54, 1.807) is 24.3 Å². The number of piperidine rings is 1. The Morgan fingerprint density at radius 3 is 2.17 bits per heavy atom. The number of hydrogen-bond acceptors (Lipinski definition) is 4. The summed E-state index contributed by atoms with van der Waals surface area (Å²) in [5.41, 5.74) is 0.528. The highest BCUT2D eigenvalue weighted by Gasteiger charge is 2.32. The van der Waals surface area contributed by atoms with Crippen LogP contribution < -0.4 is 10.1 Å². The van der Waals surface area contributed by atoms with Crippen LogP contribution in [0.4, 0.5) is 10.1 Å². The number of rotatable bonds is 6. The van der Waals surface area contributed by atoms with Crippen LogP contribution in [0.1, 0.15) is 25.7 Å². The molecule has 154 valence electrons. The van der Waals surface area contributed by atoms with Crippen molar-refractivity contribution in [2.75, 3.05) is 18.4 Å². The molecular weight excluding hydrogens is 395 g/mol. The fraction of sp³-hybridized carbons (Fsp3) is 0.381. The van der Waals surface area contributed by atoms with E-state index in [0.717, 1.165) is 12.8 Å². The second-order valence-corrected chi connectivity index (χ2v) is 9.40. The van der Waals surface area contributed by atoms with Gasteiger partial charge in [0.15, 0.2) is 0 Å². The van der Waals surface area contributed by atoms with Gasteiger partial charge in [-0.15, -0.1) is 0 Å². The maximum absolute atomic E-state index is 13.0. The third-order valence-corrected chi connectivity index (χ3v) is 7.14. The van der Waals surface area contributed by atoms with Gasteiger partial charge in [0.1, 0.15) is 11.6 Å². The van der Waals surface area contributed by atoms with Gasteiger partial charge in [-0.25, -0.2) is 12.8 Å². The van der Waals surface area contributed by atoms with E-state index < -0.39 is 10.0 Å². The Kier molecular flexibility index (Phi) is 5.56. The fourth-order valence-corrected chi connectivity index (χ4v) is 4.82. The molecular formula is C21H23FN2O4S. The lowest BCUT2D eigenvalue weighted by atomic mass is 9.97. The molecule has 1 saturated carbocycles. The van der Waals surface area contributed by atoms with Gasteiger partial charge in [0, 0.05) is 24.7 Å². The van der Waals surface area contributed by atoms with Crippen molar-refractivity contribution >= 4 is 21.6 Å². The highest BCUT2D eigenvalue weighted by molar-refractivity contribution is 7.89. The van der Waals surface area contributed by atoms with Crippen LogP contribution in [0.3, 0.4) is 0 Å². The number of carbonyl (C=O) groups is 1. The predicted molar refractivity (Wildman–Crippen MR) is 107 cm³/mol. The second kappa shape index (κ2) is 8.12. The molecule has 0 spiro atoms. The third-order valence-electron chi connectivity index (χ3n) is 5.23. The number of hydrogen-bond donors (Lipinski definition) is 1. The predicted octanol–water partition coefficient (Wildman–Crippen LogP) is 3.41. The quantitative estimate of drug-likeness (QED) is 0.780. The monoisotopic (exact) mass is 418 g/mol. The molecule has 1 heterocycles. The third kappa shape index (κ3) is 4.76. The van der Waals surface area contributed by atoms with Gasteiger partial charge in [0.25, 0.3) is 0 Å². The average Bonchev–Trinajstić information content (AvgIpc) is 3.54. The number of nitrogens with one attached hydrogen (secondary N) is 1.